The lowest BCUT2D eigenvalue weighted by Gasteiger charge is -2.12. The third-order valence-corrected chi connectivity index (χ3v) is 4.11. The van der Waals surface area contributed by atoms with Crippen LogP contribution in [-0.4, -0.2) is 43.9 Å². The van der Waals surface area contributed by atoms with E-state index < -0.39 is 61.8 Å². The molecule has 2 aromatic carbocycles. The van der Waals surface area contributed by atoms with Crippen LogP contribution in [0.4, 0.5) is 35.1 Å². The average molecular weight is 526 g/mol. The molecule has 0 spiro atoms. The Kier molecular flexibility index (Phi) is 9.64. The van der Waals surface area contributed by atoms with E-state index in [-0.39, 0.29) is 16.9 Å². The second kappa shape index (κ2) is 12.2. The van der Waals surface area contributed by atoms with Gasteiger partial charge in [-0.05, 0) is 48.0 Å². The maximum Gasteiger partial charge on any atom is 0.573 e. The number of hydrogen-bond acceptors (Lipinski definition) is 4. The summed E-state index contributed by atoms with van der Waals surface area (Å²) in [4.78, 5) is 24.9. The fourth-order valence-corrected chi connectivity index (χ4v) is 2.54. The Morgan fingerprint density at radius 3 is 2.00 bits per heavy atom. The van der Waals surface area contributed by atoms with E-state index in [1.165, 1.54) is 24.3 Å². The van der Waals surface area contributed by atoms with Crippen molar-refractivity contribution in [1.82, 2.24) is 10.6 Å². The molecule has 14 heteroatoms. The molecule has 196 valence electrons. The number of hydrogen-bond donors (Lipinski definition) is 2. The molecular formula is C22H18F8N2O4. The van der Waals surface area contributed by atoms with Gasteiger partial charge in [-0.1, -0.05) is 12.1 Å². The lowest BCUT2D eigenvalue weighted by atomic mass is 10.1. The molecule has 2 aromatic rings. The van der Waals surface area contributed by atoms with Crippen LogP contribution in [0.3, 0.4) is 0 Å². The number of nitrogens with one attached hydrogen (secondary N) is 2. The quantitative estimate of drug-likeness (QED) is 0.335. The fraction of sp³-hybridized carbons (Fsp3) is 0.273. The summed E-state index contributed by atoms with van der Waals surface area (Å²) in [7, 11) is 0. The van der Waals surface area contributed by atoms with Crippen molar-refractivity contribution in [3.05, 3.63) is 65.4 Å². The van der Waals surface area contributed by atoms with Crippen LogP contribution in [-0.2, 0) is 4.79 Å². The van der Waals surface area contributed by atoms with Crippen LogP contribution in [0.2, 0.25) is 0 Å². The predicted molar refractivity (Wildman–Crippen MR) is 110 cm³/mol. The summed E-state index contributed by atoms with van der Waals surface area (Å²) in [5.41, 5.74) is -0.435. The van der Waals surface area contributed by atoms with Gasteiger partial charge in [0.1, 0.15) is 17.2 Å². The summed E-state index contributed by atoms with van der Waals surface area (Å²) in [6.45, 7) is -1.67. The molecule has 2 rings (SSSR count). The Labute approximate surface area is 198 Å². The van der Waals surface area contributed by atoms with E-state index in [1.54, 1.807) is 0 Å². The van der Waals surface area contributed by atoms with Crippen molar-refractivity contribution in [3.63, 3.8) is 0 Å². The van der Waals surface area contributed by atoms with Gasteiger partial charge in [-0.25, -0.2) is 8.78 Å². The van der Waals surface area contributed by atoms with E-state index in [0.29, 0.717) is 0 Å². The van der Waals surface area contributed by atoms with Crippen molar-refractivity contribution < 1.29 is 54.2 Å². The number of alkyl halides is 8. The zero-order chi connectivity index (χ0) is 26.9. The maximum atomic E-state index is 12.5. The Balaban J connectivity index is 2.15. The van der Waals surface area contributed by atoms with Crippen molar-refractivity contribution >= 4 is 17.9 Å². The predicted octanol–water partition coefficient (Wildman–Crippen LogP) is 5.07. The summed E-state index contributed by atoms with van der Waals surface area (Å²) in [5, 5.41) is 4.09. The van der Waals surface area contributed by atoms with Gasteiger partial charge < -0.3 is 20.1 Å². The standard InChI is InChI=1S/C22H18F8N2O4/c23-18(24)12-31-20(34)17(11-13-1-5-16(6-2-13)36-22(28,29)30)32-19(33)14-3-7-15(8-4-14)35-10-9-21(25,26)27/h1-8,11,18H,9-10,12H2,(H,31,34)(H,32,33). The number of benzene rings is 2. The molecule has 0 aromatic heterocycles. The minimum Gasteiger partial charge on any atom is -0.493 e. The Bertz CT molecular complexity index is 1050. The molecule has 0 heterocycles. The summed E-state index contributed by atoms with van der Waals surface area (Å²) in [5.74, 6) is -2.49. The second-order valence-electron chi connectivity index (χ2n) is 6.97. The van der Waals surface area contributed by atoms with Crippen LogP contribution >= 0.6 is 0 Å². The maximum absolute atomic E-state index is 12.5. The molecule has 0 unspecified atom stereocenters. The number of amides is 2. The molecule has 2 N–H and O–H groups in total. The lowest BCUT2D eigenvalue weighted by Crippen LogP contribution is -2.36. The summed E-state index contributed by atoms with van der Waals surface area (Å²) < 4.78 is 107. The van der Waals surface area contributed by atoms with Gasteiger partial charge in [0.15, 0.2) is 0 Å². The van der Waals surface area contributed by atoms with Gasteiger partial charge in [-0.15, -0.1) is 13.2 Å². The van der Waals surface area contributed by atoms with Crippen LogP contribution in [0.1, 0.15) is 22.3 Å². The number of halogens is 8. The third-order valence-electron chi connectivity index (χ3n) is 4.11. The molecule has 0 aliphatic carbocycles. The van der Waals surface area contributed by atoms with Gasteiger partial charge in [0.2, 0.25) is 0 Å². The molecule has 0 saturated carbocycles. The average Bonchev–Trinajstić information content (AvgIpc) is 2.76. The van der Waals surface area contributed by atoms with Gasteiger partial charge in [0, 0.05) is 5.56 Å². The number of rotatable bonds is 10. The van der Waals surface area contributed by atoms with Crippen molar-refractivity contribution in [1.29, 1.82) is 0 Å². The van der Waals surface area contributed by atoms with Gasteiger partial charge in [0.25, 0.3) is 18.2 Å². The van der Waals surface area contributed by atoms with Gasteiger partial charge in [-0.2, -0.15) is 13.2 Å². The number of carbonyl (C=O) groups excluding carboxylic acids is 2. The van der Waals surface area contributed by atoms with Crippen molar-refractivity contribution in [3.8, 4) is 11.5 Å². The van der Waals surface area contributed by atoms with E-state index in [9.17, 15) is 44.7 Å². The molecular weight excluding hydrogens is 508 g/mol. The Morgan fingerprint density at radius 1 is 0.889 bits per heavy atom. The zero-order valence-electron chi connectivity index (χ0n) is 18.1. The molecule has 0 radical (unpaired) electrons. The molecule has 6 nitrogen and oxygen atoms in total. The van der Waals surface area contributed by atoms with E-state index in [0.717, 1.165) is 30.3 Å². The second-order valence-corrected chi connectivity index (χ2v) is 6.97. The highest BCUT2D eigenvalue weighted by molar-refractivity contribution is 6.05. The first-order valence-corrected chi connectivity index (χ1v) is 9.97. The first-order chi connectivity index (χ1) is 16.7. The monoisotopic (exact) mass is 526 g/mol. The molecule has 0 atom stereocenters. The van der Waals surface area contributed by atoms with Crippen LogP contribution in [0, 0.1) is 0 Å². The van der Waals surface area contributed by atoms with Crippen LogP contribution in [0.25, 0.3) is 6.08 Å². The highest BCUT2D eigenvalue weighted by atomic mass is 19.4. The molecule has 0 saturated heterocycles. The van der Waals surface area contributed by atoms with E-state index in [4.69, 9.17) is 4.74 Å². The number of carbonyl (C=O) groups is 2. The van der Waals surface area contributed by atoms with Crippen molar-refractivity contribution in [2.75, 3.05) is 13.2 Å². The van der Waals surface area contributed by atoms with Crippen LogP contribution in [0.15, 0.2) is 54.2 Å². The van der Waals surface area contributed by atoms with Gasteiger partial charge in [0.05, 0.1) is 19.6 Å². The minimum absolute atomic E-state index is 0.0439. The Morgan fingerprint density at radius 2 is 1.47 bits per heavy atom. The summed E-state index contributed by atoms with van der Waals surface area (Å²) in [6, 6.07) is 8.93. The van der Waals surface area contributed by atoms with Crippen LogP contribution < -0.4 is 20.1 Å². The largest absolute Gasteiger partial charge is 0.573 e. The van der Waals surface area contributed by atoms with Crippen molar-refractivity contribution in [2.45, 2.75) is 25.4 Å². The van der Waals surface area contributed by atoms with Gasteiger partial charge >= 0.3 is 12.5 Å². The third kappa shape index (κ3) is 10.6. The normalized spacial score (nSPS) is 12.3. The first-order valence-electron chi connectivity index (χ1n) is 9.97. The Hall–Kier alpha value is -3.84. The fourth-order valence-electron chi connectivity index (χ4n) is 2.54. The molecule has 0 aliphatic rings. The summed E-state index contributed by atoms with van der Waals surface area (Å²) in [6.07, 6.45) is -12.4. The van der Waals surface area contributed by atoms with Crippen molar-refractivity contribution in [2.24, 2.45) is 0 Å². The summed E-state index contributed by atoms with van der Waals surface area (Å²) >= 11 is 0. The van der Waals surface area contributed by atoms with Crippen LogP contribution in [0.5, 0.6) is 11.5 Å². The first kappa shape index (κ1) is 28.4. The zero-order valence-corrected chi connectivity index (χ0v) is 18.1. The SMILES string of the molecule is O=C(NCC(F)F)C(=Cc1ccc(OC(F)(F)F)cc1)NC(=O)c1ccc(OCCC(F)(F)F)cc1. The number of ether oxygens (including phenoxy) is 2. The van der Waals surface area contributed by atoms with E-state index >= 15 is 0 Å². The van der Waals surface area contributed by atoms with E-state index in [1.807, 2.05) is 5.32 Å². The molecule has 2 amide bonds. The molecule has 0 aliphatic heterocycles. The smallest absolute Gasteiger partial charge is 0.493 e. The molecule has 0 bridgehead atoms. The lowest BCUT2D eigenvalue weighted by molar-refractivity contribution is -0.274. The molecule has 0 fully saturated rings. The topological polar surface area (TPSA) is 76.7 Å². The van der Waals surface area contributed by atoms with Gasteiger partial charge in [-0.3, -0.25) is 9.59 Å². The molecule has 36 heavy (non-hydrogen) atoms. The highest BCUT2D eigenvalue weighted by Gasteiger charge is 2.31. The van der Waals surface area contributed by atoms with E-state index in [2.05, 4.69) is 10.1 Å². The minimum atomic E-state index is -4.93. The highest BCUT2D eigenvalue weighted by Crippen LogP contribution is 2.23.